The molecule has 16 heavy (non-hydrogen) atoms. The Balaban J connectivity index is 2.18. The fourth-order valence-corrected chi connectivity index (χ4v) is 1.48. The number of hydrogen-bond donors (Lipinski definition) is 1. The Morgan fingerprint density at radius 3 is 3.00 bits per heavy atom. The van der Waals surface area contributed by atoms with Crippen molar-refractivity contribution < 1.29 is 8.94 Å². The molecule has 0 bridgehead atoms. The van der Waals surface area contributed by atoms with Gasteiger partial charge in [-0.05, 0) is 12.6 Å². The number of furan rings is 1. The molecule has 0 amide bonds. The van der Waals surface area contributed by atoms with Gasteiger partial charge in [-0.25, -0.2) is 0 Å². The number of nitrogens with one attached hydrogen (secondary N) is 1. The minimum absolute atomic E-state index is 0.526. The predicted molar refractivity (Wildman–Crippen MR) is 58.8 cm³/mol. The second kappa shape index (κ2) is 4.94. The molecule has 0 atom stereocenters. The molecule has 0 fully saturated rings. The normalized spacial score (nSPS) is 10.9. The Bertz CT molecular complexity index is 448. The molecule has 0 aliphatic carbocycles. The zero-order chi connectivity index (χ0) is 11.4. The van der Waals surface area contributed by atoms with Crippen LogP contribution in [-0.4, -0.2) is 16.7 Å². The molecule has 0 aromatic carbocycles. The first-order valence-electron chi connectivity index (χ1n) is 5.45. The highest BCUT2D eigenvalue weighted by Gasteiger charge is 2.14. The highest BCUT2D eigenvalue weighted by molar-refractivity contribution is 5.55. The van der Waals surface area contributed by atoms with E-state index >= 15 is 0 Å². The monoisotopic (exact) mass is 221 g/mol. The van der Waals surface area contributed by atoms with Gasteiger partial charge in [0.25, 0.3) is 5.89 Å². The van der Waals surface area contributed by atoms with E-state index in [0.717, 1.165) is 24.3 Å². The molecule has 2 aromatic rings. The second-order valence-corrected chi connectivity index (χ2v) is 3.41. The van der Waals surface area contributed by atoms with Crippen LogP contribution in [0.1, 0.15) is 25.4 Å². The van der Waals surface area contributed by atoms with E-state index in [1.54, 1.807) is 6.26 Å². The summed E-state index contributed by atoms with van der Waals surface area (Å²) >= 11 is 0. The van der Waals surface area contributed by atoms with Crippen LogP contribution in [0.25, 0.3) is 11.5 Å². The van der Waals surface area contributed by atoms with Gasteiger partial charge in [-0.1, -0.05) is 19.0 Å². The van der Waals surface area contributed by atoms with Crippen molar-refractivity contribution in [3.63, 3.8) is 0 Å². The summed E-state index contributed by atoms with van der Waals surface area (Å²) < 4.78 is 10.5. The van der Waals surface area contributed by atoms with Crippen molar-refractivity contribution in [3.05, 3.63) is 23.9 Å². The molecule has 0 aliphatic rings. The number of nitrogens with zero attached hydrogens (tertiary/aromatic N) is 2. The molecule has 0 aliphatic heterocycles. The van der Waals surface area contributed by atoms with Gasteiger partial charge in [-0.2, -0.15) is 4.98 Å². The number of hydrogen-bond acceptors (Lipinski definition) is 5. The van der Waals surface area contributed by atoms with E-state index in [-0.39, 0.29) is 0 Å². The molecule has 2 aromatic heterocycles. The Morgan fingerprint density at radius 1 is 1.38 bits per heavy atom. The van der Waals surface area contributed by atoms with Crippen molar-refractivity contribution >= 4 is 0 Å². The van der Waals surface area contributed by atoms with Crippen molar-refractivity contribution in [3.8, 4) is 11.5 Å². The van der Waals surface area contributed by atoms with E-state index in [1.165, 1.54) is 0 Å². The lowest BCUT2D eigenvalue weighted by atomic mass is 10.2. The second-order valence-electron chi connectivity index (χ2n) is 3.41. The first kappa shape index (κ1) is 10.9. The first-order chi connectivity index (χ1) is 7.85. The third-order valence-electron chi connectivity index (χ3n) is 2.30. The maximum Gasteiger partial charge on any atom is 0.261 e. The van der Waals surface area contributed by atoms with Crippen LogP contribution in [0.4, 0.5) is 0 Å². The molecule has 0 spiro atoms. The summed E-state index contributed by atoms with van der Waals surface area (Å²) in [6.45, 7) is 5.57. The molecule has 1 N–H and O–H groups in total. The van der Waals surface area contributed by atoms with Crippen LogP contribution in [0.2, 0.25) is 0 Å². The maximum atomic E-state index is 5.32. The summed E-state index contributed by atoms with van der Waals surface area (Å²) in [5, 5.41) is 7.04. The molecule has 5 heteroatoms. The summed E-state index contributed by atoms with van der Waals surface area (Å²) in [4.78, 5) is 4.30. The summed E-state index contributed by atoms with van der Waals surface area (Å²) in [6, 6.07) is 1.85. The average Bonchev–Trinajstić information content (AvgIpc) is 2.94. The molecule has 2 rings (SSSR count). The lowest BCUT2D eigenvalue weighted by molar-refractivity contribution is 0.418. The topological polar surface area (TPSA) is 64.1 Å². The average molecular weight is 221 g/mol. The van der Waals surface area contributed by atoms with E-state index in [4.69, 9.17) is 8.94 Å². The van der Waals surface area contributed by atoms with Gasteiger partial charge < -0.3 is 14.3 Å². The van der Waals surface area contributed by atoms with Crippen LogP contribution in [0.3, 0.4) is 0 Å². The number of aromatic nitrogens is 2. The van der Waals surface area contributed by atoms with Gasteiger partial charge in [0.2, 0.25) is 0 Å². The van der Waals surface area contributed by atoms with Gasteiger partial charge in [-0.15, -0.1) is 0 Å². The molecule has 0 saturated carbocycles. The molecular formula is C11H15N3O2. The van der Waals surface area contributed by atoms with Gasteiger partial charge in [0.1, 0.15) is 5.76 Å². The van der Waals surface area contributed by atoms with Crippen LogP contribution in [0, 0.1) is 0 Å². The minimum atomic E-state index is 0.526. The largest absolute Gasteiger partial charge is 0.469 e. The van der Waals surface area contributed by atoms with Crippen LogP contribution in [0.15, 0.2) is 21.3 Å². The molecule has 5 nitrogen and oxygen atoms in total. The van der Waals surface area contributed by atoms with Gasteiger partial charge in [0.05, 0.1) is 18.4 Å². The predicted octanol–water partition coefficient (Wildman–Crippen LogP) is 2.00. The Hall–Kier alpha value is -1.62. The van der Waals surface area contributed by atoms with E-state index < -0.39 is 0 Å². The van der Waals surface area contributed by atoms with Crippen molar-refractivity contribution in [2.24, 2.45) is 0 Å². The maximum absolute atomic E-state index is 5.32. The number of rotatable bonds is 5. The van der Waals surface area contributed by atoms with Crippen LogP contribution in [0.5, 0.6) is 0 Å². The molecule has 2 heterocycles. The molecule has 0 unspecified atom stereocenters. The van der Waals surface area contributed by atoms with Crippen molar-refractivity contribution in [1.82, 2.24) is 15.5 Å². The zero-order valence-corrected chi connectivity index (χ0v) is 9.49. The van der Waals surface area contributed by atoms with Crippen LogP contribution < -0.4 is 5.32 Å². The summed E-state index contributed by atoms with van der Waals surface area (Å²) in [5.74, 6) is 2.07. The van der Waals surface area contributed by atoms with Gasteiger partial charge in [0, 0.05) is 6.42 Å². The van der Waals surface area contributed by atoms with Crippen molar-refractivity contribution in [2.45, 2.75) is 26.8 Å². The Labute approximate surface area is 93.8 Å². The minimum Gasteiger partial charge on any atom is -0.469 e. The molecule has 86 valence electrons. The summed E-state index contributed by atoms with van der Waals surface area (Å²) in [5.41, 5.74) is 0.887. The van der Waals surface area contributed by atoms with Crippen molar-refractivity contribution in [1.29, 1.82) is 0 Å². The standard InChI is InChI=1S/C11H15N3O2/c1-3-9-8(5-6-15-9)11-13-10(14-16-11)7-12-4-2/h5-6,12H,3-4,7H2,1-2H3. The molecule has 0 saturated heterocycles. The fraction of sp³-hybridized carbons (Fsp3) is 0.455. The highest BCUT2D eigenvalue weighted by Crippen LogP contribution is 2.23. The smallest absolute Gasteiger partial charge is 0.261 e. The number of aryl methyl sites for hydroxylation is 1. The van der Waals surface area contributed by atoms with E-state index in [2.05, 4.69) is 15.5 Å². The van der Waals surface area contributed by atoms with Gasteiger partial charge in [0.15, 0.2) is 5.82 Å². The summed E-state index contributed by atoms with van der Waals surface area (Å²) in [7, 11) is 0. The van der Waals surface area contributed by atoms with Gasteiger partial charge in [-0.3, -0.25) is 0 Å². The summed E-state index contributed by atoms with van der Waals surface area (Å²) in [6.07, 6.45) is 2.45. The van der Waals surface area contributed by atoms with E-state index in [0.29, 0.717) is 18.3 Å². The highest BCUT2D eigenvalue weighted by atomic mass is 16.5. The Kier molecular flexibility index (Phi) is 3.36. The molecular weight excluding hydrogens is 206 g/mol. The zero-order valence-electron chi connectivity index (χ0n) is 9.49. The van der Waals surface area contributed by atoms with Crippen LogP contribution >= 0.6 is 0 Å². The van der Waals surface area contributed by atoms with E-state index in [1.807, 2.05) is 19.9 Å². The van der Waals surface area contributed by atoms with E-state index in [9.17, 15) is 0 Å². The lowest BCUT2D eigenvalue weighted by Crippen LogP contribution is -2.12. The molecule has 0 radical (unpaired) electrons. The third-order valence-corrected chi connectivity index (χ3v) is 2.30. The SMILES string of the molecule is CCNCc1noc(-c2ccoc2CC)n1. The quantitative estimate of drug-likeness (QED) is 0.836. The lowest BCUT2D eigenvalue weighted by Gasteiger charge is -1.93. The van der Waals surface area contributed by atoms with Gasteiger partial charge >= 0.3 is 0 Å². The Morgan fingerprint density at radius 2 is 2.25 bits per heavy atom. The third kappa shape index (κ3) is 2.14. The fourth-order valence-electron chi connectivity index (χ4n) is 1.48. The first-order valence-corrected chi connectivity index (χ1v) is 5.45. The van der Waals surface area contributed by atoms with Crippen LogP contribution in [-0.2, 0) is 13.0 Å². The van der Waals surface area contributed by atoms with Crippen molar-refractivity contribution in [2.75, 3.05) is 6.54 Å².